The summed E-state index contributed by atoms with van der Waals surface area (Å²) in [5.74, 6) is -0.131. The van der Waals surface area contributed by atoms with Crippen molar-refractivity contribution in [3.05, 3.63) is 48.3 Å². The summed E-state index contributed by atoms with van der Waals surface area (Å²) in [6.45, 7) is 4.08. The first-order valence-corrected chi connectivity index (χ1v) is 6.63. The molecule has 5 nitrogen and oxygen atoms in total. The summed E-state index contributed by atoms with van der Waals surface area (Å²) >= 11 is 0. The lowest BCUT2D eigenvalue weighted by Crippen LogP contribution is -2.09. The van der Waals surface area contributed by atoms with Gasteiger partial charge in [-0.3, -0.25) is 9.78 Å². The van der Waals surface area contributed by atoms with Crippen LogP contribution in [0.3, 0.4) is 0 Å². The molecule has 2 radical (unpaired) electrons. The van der Waals surface area contributed by atoms with E-state index in [1.54, 1.807) is 12.3 Å². The van der Waals surface area contributed by atoms with Crippen LogP contribution in [0.4, 0.5) is 0 Å². The quantitative estimate of drug-likeness (QED) is 0.536. The smallest absolute Gasteiger partial charge is 0.196 e. The maximum absolute atomic E-state index is 12.7. The maximum atomic E-state index is 12.7. The average Bonchev–Trinajstić information content (AvgIpc) is 2.86. The molecule has 0 N–H and O–H groups in total. The summed E-state index contributed by atoms with van der Waals surface area (Å²) in [6, 6.07) is 1.82. The van der Waals surface area contributed by atoms with Crippen molar-refractivity contribution in [2.75, 3.05) is 0 Å². The monoisotopic (exact) mass is 276 g/mol. The highest BCUT2D eigenvalue weighted by atomic mass is 16.1. The largest absolute Gasteiger partial charge is 0.329 e. The molecule has 0 spiro atoms. The molecule has 21 heavy (non-hydrogen) atoms. The fourth-order valence-electron chi connectivity index (χ4n) is 2.30. The van der Waals surface area contributed by atoms with Gasteiger partial charge in [-0.15, -0.1) is 0 Å². The molecule has 0 aliphatic heterocycles. The van der Waals surface area contributed by atoms with Gasteiger partial charge in [0.2, 0.25) is 0 Å². The van der Waals surface area contributed by atoms with Gasteiger partial charge in [-0.2, -0.15) is 0 Å². The van der Waals surface area contributed by atoms with Crippen molar-refractivity contribution in [2.45, 2.75) is 19.9 Å². The number of carbonyl (C=O) groups is 1. The third-order valence-corrected chi connectivity index (χ3v) is 3.32. The molecule has 0 aliphatic carbocycles. The standard InChI is InChI=1S/C15H13BN4O/c1-9(2)20-7-13(12-6-18-8-19-15(12)20)14(21)10-3-11(16)5-17-4-10/h3-9H,1-2H3. The van der Waals surface area contributed by atoms with Crippen LogP contribution in [0.5, 0.6) is 0 Å². The Hall–Kier alpha value is -2.50. The second kappa shape index (κ2) is 5.12. The summed E-state index contributed by atoms with van der Waals surface area (Å²) in [5, 5.41) is 0.735. The molecule has 0 saturated carbocycles. The summed E-state index contributed by atoms with van der Waals surface area (Å²) in [6.07, 6.45) is 7.99. The fourth-order valence-corrected chi connectivity index (χ4v) is 2.30. The zero-order valence-corrected chi connectivity index (χ0v) is 11.8. The molecule has 0 aliphatic rings. The van der Waals surface area contributed by atoms with Gasteiger partial charge >= 0.3 is 0 Å². The predicted molar refractivity (Wildman–Crippen MR) is 81.0 cm³/mol. The van der Waals surface area contributed by atoms with E-state index < -0.39 is 0 Å². The zero-order valence-electron chi connectivity index (χ0n) is 11.8. The fraction of sp³-hybridized carbons (Fsp3) is 0.200. The average molecular weight is 276 g/mol. The van der Waals surface area contributed by atoms with Crippen molar-refractivity contribution in [3.8, 4) is 0 Å². The van der Waals surface area contributed by atoms with E-state index in [0.717, 1.165) is 11.0 Å². The number of pyridine rings is 1. The van der Waals surface area contributed by atoms with E-state index in [1.165, 1.54) is 18.7 Å². The van der Waals surface area contributed by atoms with Gasteiger partial charge in [0.05, 0.1) is 5.56 Å². The van der Waals surface area contributed by atoms with Crippen LogP contribution in [0.25, 0.3) is 11.0 Å². The van der Waals surface area contributed by atoms with Crippen LogP contribution >= 0.6 is 0 Å². The third kappa shape index (κ3) is 2.33. The molecule has 102 valence electrons. The van der Waals surface area contributed by atoms with Gasteiger partial charge in [0, 0.05) is 41.8 Å². The second-order valence-electron chi connectivity index (χ2n) is 5.14. The highest BCUT2D eigenvalue weighted by molar-refractivity contribution is 6.32. The van der Waals surface area contributed by atoms with Crippen molar-refractivity contribution < 1.29 is 4.79 Å². The summed E-state index contributed by atoms with van der Waals surface area (Å²) < 4.78 is 1.96. The summed E-state index contributed by atoms with van der Waals surface area (Å²) in [4.78, 5) is 25.0. The topological polar surface area (TPSA) is 60.7 Å². The van der Waals surface area contributed by atoms with Crippen LogP contribution in [-0.2, 0) is 0 Å². The Balaban J connectivity index is 2.19. The van der Waals surface area contributed by atoms with Gasteiger partial charge in [-0.1, -0.05) is 11.5 Å². The van der Waals surface area contributed by atoms with E-state index in [4.69, 9.17) is 7.85 Å². The number of fused-ring (bicyclic) bond motifs is 1. The van der Waals surface area contributed by atoms with Crippen molar-refractivity contribution >= 4 is 30.1 Å². The van der Waals surface area contributed by atoms with E-state index >= 15 is 0 Å². The number of hydrogen-bond donors (Lipinski definition) is 0. The van der Waals surface area contributed by atoms with Crippen LogP contribution in [0, 0.1) is 0 Å². The van der Waals surface area contributed by atoms with Crippen LogP contribution in [-0.4, -0.2) is 33.1 Å². The molecular formula is C15H13BN4O. The SMILES string of the molecule is [B]c1cncc(C(=O)c2cn(C(C)C)c3ncncc23)c1. The minimum atomic E-state index is -0.131. The van der Waals surface area contributed by atoms with Crippen molar-refractivity contribution in [1.29, 1.82) is 0 Å². The molecule has 0 fully saturated rings. The predicted octanol–water partition coefficient (Wildman–Crippen LogP) is 1.43. The number of nitrogens with zero attached hydrogens (tertiary/aromatic N) is 4. The van der Waals surface area contributed by atoms with Gasteiger partial charge < -0.3 is 4.57 Å². The summed E-state index contributed by atoms with van der Waals surface area (Å²) in [7, 11) is 5.70. The van der Waals surface area contributed by atoms with Crippen LogP contribution in [0.15, 0.2) is 37.2 Å². The molecule has 0 bridgehead atoms. The first kappa shape index (κ1) is 13.5. The van der Waals surface area contributed by atoms with E-state index in [-0.39, 0.29) is 11.8 Å². The molecule has 0 saturated heterocycles. The summed E-state index contributed by atoms with van der Waals surface area (Å²) in [5.41, 5.74) is 2.23. The molecule has 0 aromatic carbocycles. The molecule has 3 aromatic rings. The number of carbonyl (C=O) groups excluding carboxylic acids is 1. The van der Waals surface area contributed by atoms with Crippen LogP contribution in [0.1, 0.15) is 35.8 Å². The second-order valence-corrected chi connectivity index (χ2v) is 5.14. The van der Waals surface area contributed by atoms with Crippen molar-refractivity contribution in [3.63, 3.8) is 0 Å². The third-order valence-electron chi connectivity index (χ3n) is 3.32. The van der Waals surface area contributed by atoms with Gasteiger partial charge in [-0.25, -0.2) is 9.97 Å². The Morgan fingerprint density at radius 3 is 2.76 bits per heavy atom. The molecular weight excluding hydrogens is 263 g/mol. The first-order chi connectivity index (χ1) is 10.1. The normalized spacial score (nSPS) is 11.2. The number of aromatic nitrogens is 4. The number of hydrogen-bond acceptors (Lipinski definition) is 4. The molecule has 3 aromatic heterocycles. The lowest BCUT2D eigenvalue weighted by molar-refractivity contribution is 0.104. The Labute approximate surface area is 123 Å². The van der Waals surface area contributed by atoms with Crippen LogP contribution < -0.4 is 5.46 Å². The number of ketones is 1. The van der Waals surface area contributed by atoms with Crippen LogP contribution in [0.2, 0.25) is 0 Å². The Morgan fingerprint density at radius 2 is 2.05 bits per heavy atom. The Bertz CT molecular complexity index is 825. The van der Waals surface area contributed by atoms with Crippen molar-refractivity contribution in [2.24, 2.45) is 0 Å². The zero-order chi connectivity index (χ0) is 15.0. The van der Waals surface area contributed by atoms with Gasteiger partial charge in [-0.05, 0) is 13.8 Å². The minimum absolute atomic E-state index is 0.131. The molecule has 0 amide bonds. The molecule has 3 heterocycles. The van der Waals surface area contributed by atoms with E-state index in [1.807, 2.05) is 24.6 Å². The van der Waals surface area contributed by atoms with E-state index in [0.29, 0.717) is 16.6 Å². The molecule has 0 unspecified atom stereocenters. The number of rotatable bonds is 3. The highest BCUT2D eigenvalue weighted by Crippen LogP contribution is 2.24. The van der Waals surface area contributed by atoms with Crippen molar-refractivity contribution in [1.82, 2.24) is 19.5 Å². The van der Waals surface area contributed by atoms with Gasteiger partial charge in [0.1, 0.15) is 19.8 Å². The van der Waals surface area contributed by atoms with E-state index in [9.17, 15) is 4.79 Å². The molecule has 0 atom stereocenters. The van der Waals surface area contributed by atoms with E-state index in [2.05, 4.69) is 15.0 Å². The maximum Gasteiger partial charge on any atom is 0.196 e. The first-order valence-electron chi connectivity index (χ1n) is 6.63. The molecule has 6 heteroatoms. The van der Waals surface area contributed by atoms with Gasteiger partial charge in [0.25, 0.3) is 0 Å². The lowest BCUT2D eigenvalue weighted by Gasteiger charge is -2.07. The molecule has 3 rings (SSSR count). The lowest BCUT2D eigenvalue weighted by atomic mass is 9.95. The van der Waals surface area contributed by atoms with Gasteiger partial charge in [0.15, 0.2) is 5.78 Å². The minimum Gasteiger partial charge on any atom is -0.329 e. The highest BCUT2D eigenvalue weighted by Gasteiger charge is 2.19. The Morgan fingerprint density at radius 1 is 1.24 bits per heavy atom. The Kier molecular flexibility index (Phi) is 3.29.